The normalized spacial score (nSPS) is 14.8. The summed E-state index contributed by atoms with van der Waals surface area (Å²) in [6.07, 6.45) is 3.08. The van der Waals surface area contributed by atoms with Crippen molar-refractivity contribution < 1.29 is 18.0 Å². The Labute approximate surface area is 178 Å². The second-order valence-electron chi connectivity index (χ2n) is 6.96. The van der Waals surface area contributed by atoms with Crippen molar-refractivity contribution in [3.05, 3.63) is 72.3 Å². The number of amides is 2. The van der Waals surface area contributed by atoms with Crippen molar-refractivity contribution in [1.29, 1.82) is 0 Å². The SMILES string of the molecule is O=C1CN(S(=O)(=O)c2cccc(C(=O)Nc3ccc(Cn4cncn4)cc3)c2)CCN1. The molecule has 1 fully saturated rings. The molecule has 3 aromatic rings. The van der Waals surface area contributed by atoms with E-state index >= 15 is 0 Å². The first kappa shape index (κ1) is 20.7. The lowest BCUT2D eigenvalue weighted by Crippen LogP contribution is -2.49. The van der Waals surface area contributed by atoms with Crippen LogP contribution >= 0.6 is 0 Å². The Morgan fingerprint density at radius 1 is 1.16 bits per heavy atom. The highest BCUT2D eigenvalue weighted by molar-refractivity contribution is 7.89. The first-order valence-electron chi connectivity index (χ1n) is 9.51. The average molecular weight is 440 g/mol. The van der Waals surface area contributed by atoms with Gasteiger partial charge in [0, 0.05) is 24.3 Å². The highest BCUT2D eigenvalue weighted by Crippen LogP contribution is 2.19. The predicted molar refractivity (Wildman–Crippen MR) is 112 cm³/mol. The standard InChI is InChI=1S/C20H20N6O4S/c27-19-12-26(9-8-22-19)31(29,30)18-3-1-2-16(10-18)20(28)24-17-6-4-15(5-7-17)11-25-14-21-13-23-25/h1-7,10,13-14H,8-9,11-12H2,(H,22,27)(H,24,28). The van der Waals surface area contributed by atoms with Crippen LogP contribution in [0.25, 0.3) is 0 Å². The van der Waals surface area contributed by atoms with Crippen LogP contribution in [0, 0.1) is 0 Å². The Kier molecular flexibility index (Phi) is 5.78. The zero-order chi connectivity index (χ0) is 21.8. The van der Waals surface area contributed by atoms with Crippen LogP contribution in [0.2, 0.25) is 0 Å². The van der Waals surface area contributed by atoms with Gasteiger partial charge in [-0.05, 0) is 35.9 Å². The van der Waals surface area contributed by atoms with Gasteiger partial charge in [-0.1, -0.05) is 18.2 Å². The first-order chi connectivity index (χ1) is 14.9. The third kappa shape index (κ3) is 4.78. The molecule has 2 amide bonds. The molecule has 1 saturated heterocycles. The second-order valence-corrected chi connectivity index (χ2v) is 8.90. The summed E-state index contributed by atoms with van der Waals surface area (Å²) in [5.41, 5.74) is 1.77. The van der Waals surface area contributed by atoms with Gasteiger partial charge in [0.05, 0.1) is 18.0 Å². The second kappa shape index (κ2) is 8.66. The molecule has 31 heavy (non-hydrogen) atoms. The lowest BCUT2D eigenvalue weighted by molar-refractivity contribution is -0.122. The number of nitrogens with zero attached hydrogens (tertiary/aromatic N) is 4. The molecule has 10 nitrogen and oxygen atoms in total. The lowest BCUT2D eigenvalue weighted by atomic mass is 10.2. The Bertz CT molecular complexity index is 1190. The van der Waals surface area contributed by atoms with Crippen molar-refractivity contribution in [2.24, 2.45) is 0 Å². The number of hydrogen-bond acceptors (Lipinski definition) is 6. The molecule has 11 heteroatoms. The summed E-state index contributed by atoms with van der Waals surface area (Å²) in [6.45, 7) is 0.763. The van der Waals surface area contributed by atoms with Crippen LogP contribution in [0.15, 0.2) is 66.1 Å². The van der Waals surface area contributed by atoms with E-state index in [2.05, 4.69) is 20.7 Å². The van der Waals surface area contributed by atoms with E-state index in [-0.39, 0.29) is 36.0 Å². The molecule has 2 N–H and O–H groups in total. The van der Waals surface area contributed by atoms with Crippen molar-refractivity contribution >= 4 is 27.5 Å². The molecule has 160 valence electrons. The zero-order valence-electron chi connectivity index (χ0n) is 16.4. The predicted octanol–water partition coefficient (Wildman–Crippen LogP) is 0.699. The van der Waals surface area contributed by atoms with Crippen LogP contribution in [0.3, 0.4) is 0 Å². The number of sulfonamides is 1. The maximum Gasteiger partial charge on any atom is 0.255 e. The fraction of sp³-hybridized carbons (Fsp3) is 0.200. The number of rotatable bonds is 6. The van der Waals surface area contributed by atoms with Crippen LogP contribution in [-0.4, -0.2) is 58.9 Å². The van der Waals surface area contributed by atoms with Crippen LogP contribution in [0.5, 0.6) is 0 Å². The first-order valence-corrected chi connectivity index (χ1v) is 11.0. The minimum Gasteiger partial charge on any atom is -0.354 e. The number of hydrogen-bond donors (Lipinski definition) is 2. The molecule has 1 aliphatic rings. The van der Waals surface area contributed by atoms with Gasteiger partial charge in [0.1, 0.15) is 12.7 Å². The third-order valence-electron chi connectivity index (χ3n) is 4.76. The molecular formula is C20H20N6O4S. The van der Waals surface area contributed by atoms with Crippen molar-refractivity contribution in [1.82, 2.24) is 24.4 Å². The summed E-state index contributed by atoms with van der Waals surface area (Å²) in [7, 11) is -3.88. The molecule has 4 rings (SSSR count). The van der Waals surface area contributed by atoms with Crippen molar-refractivity contribution in [2.45, 2.75) is 11.4 Å². The molecule has 0 spiro atoms. The Morgan fingerprint density at radius 3 is 2.68 bits per heavy atom. The van der Waals surface area contributed by atoms with Crippen LogP contribution < -0.4 is 10.6 Å². The summed E-state index contributed by atoms with van der Waals surface area (Å²) in [5.74, 6) is -0.784. The molecule has 0 unspecified atom stereocenters. The van der Waals surface area contributed by atoms with Crippen LogP contribution in [0.4, 0.5) is 5.69 Å². The molecule has 0 aliphatic carbocycles. The molecule has 2 aromatic carbocycles. The van der Waals surface area contributed by atoms with Gasteiger partial charge >= 0.3 is 0 Å². The molecule has 2 heterocycles. The number of piperazine rings is 1. The monoisotopic (exact) mass is 440 g/mol. The molecule has 1 aliphatic heterocycles. The Hall–Kier alpha value is -3.57. The highest BCUT2D eigenvalue weighted by atomic mass is 32.2. The number of benzene rings is 2. The van der Waals surface area contributed by atoms with Gasteiger partial charge in [0.2, 0.25) is 15.9 Å². The third-order valence-corrected chi connectivity index (χ3v) is 6.60. The Morgan fingerprint density at radius 2 is 1.97 bits per heavy atom. The summed E-state index contributed by atoms with van der Waals surface area (Å²) in [4.78, 5) is 28.1. The average Bonchev–Trinajstić information content (AvgIpc) is 3.28. The van der Waals surface area contributed by atoms with E-state index in [0.29, 0.717) is 12.2 Å². The van der Waals surface area contributed by atoms with Gasteiger partial charge in [-0.15, -0.1) is 0 Å². The fourth-order valence-corrected chi connectivity index (χ4v) is 4.61. The molecule has 0 bridgehead atoms. The largest absolute Gasteiger partial charge is 0.354 e. The minimum atomic E-state index is -3.88. The maximum atomic E-state index is 12.8. The number of nitrogens with one attached hydrogen (secondary N) is 2. The topological polar surface area (TPSA) is 126 Å². The fourth-order valence-electron chi connectivity index (χ4n) is 3.17. The smallest absolute Gasteiger partial charge is 0.255 e. The van der Waals surface area contributed by atoms with E-state index < -0.39 is 15.9 Å². The number of carbonyl (C=O) groups excluding carboxylic acids is 2. The maximum absolute atomic E-state index is 12.8. The molecule has 1 aromatic heterocycles. The van der Waals surface area contributed by atoms with Crippen LogP contribution in [-0.2, 0) is 21.4 Å². The van der Waals surface area contributed by atoms with E-state index in [0.717, 1.165) is 9.87 Å². The van der Waals surface area contributed by atoms with Crippen LogP contribution in [0.1, 0.15) is 15.9 Å². The van der Waals surface area contributed by atoms with E-state index in [1.807, 2.05) is 12.1 Å². The number of anilines is 1. The number of aromatic nitrogens is 3. The summed E-state index contributed by atoms with van der Waals surface area (Å²) < 4.78 is 28.5. The van der Waals surface area contributed by atoms with Crippen molar-refractivity contribution in [3.8, 4) is 0 Å². The molecule has 0 radical (unpaired) electrons. The highest BCUT2D eigenvalue weighted by Gasteiger charge is 2.29. The lowest BCUT2D eigenvalue weighted by Gasteiger charge is -2.26. The van der Waals surface area contributed by atoms with Gasteiger partial charge < -0.3 is 10.6 Å². The van der Waals surface area contributed by atoms with Gasteiger partial charge in [-0.25, -0.2) is 18.1 Å². The quantitative estimate of drug-likeness (QED) is 0.581. The van der Waals surface area contributed by atoms with Gasteiger partial charge in [-0.2, -0.15) is 9.40 Å². The summed E-state index contributed by atoms with van der Waals surface area (Å²) >= 11 is 0. The van der Waals surface area contributed by atoms with Crippen molar-refractivity contribution in [2.75, 3.05) is 25.0 Å². The van der Waals surface area contributed by atoms with Gasteiger partial charge in [-0.3, -0.25) is 9.59 Å². The number of carbonyl (C=O) groups is 2. The van der Waals surface area contributed by atoms with E-state index in [1.54, 1.807) is 23.1 Å². The molecule has 0 saturated carbocycles. The van der Waals surface area contributed by atoms with Gasteiger partial charge in [0.25, 0.3) is 5.91 Å². The van der Waals surface area contributed by atoms with E-state index in [4.69, 9.17) is 0 Å². The summed E-state index contributed by atoms with van der Waals surface area (Å²) in [6, 6.07) is 13.0. The van der Waals surface area contributed by atoms with E-state index in [1.165, 1.54) is 30.6 Å². The Balaban J connectivity index is 1.46. The van der Waals surface area contributed by atoms with Gasteiger partial charge in [0.15, 0.2) is 0 Å². The minimum absolute atomic E-state index is 0.0296. The zero-order valence-corrected chi connectivity index (χ0v) is 17.2. The van der Waals surface area contributed by atoms with Crippen molar-refractivity contribution in [3.63, 3.8) is 0 Å². The summed E-state index contributed by atoms with van der Waals surface area (Å²) in [5, 5.41) is 9.40. The molecule has 0 atom stereocenters. The molecular weight excluding hydrogens is 420 g/mol. The van der Waals surface area contributed by atoms with E-state index in [9.17, 15) is 18.0 Å².